The summed E-state index contributed by atoms with van der Waals surface area (Å²) in [6.07, 6.45) is 0. The standard InChI is InChI=1S/C18H25ClN4O3S/c1-14(2)18(3,13-20)21-17(24)12-22-8-10-23(11-9-22)27(25,26)16-6-4-15(19)5-7-16/h4-7,14H,8-12H2,1-3H3,(H,21,24)/t18-/m1/s1. The molecule has 27 heavy (non-hydrogen) atoms. The Balaban J connectivity index is 1.92. The summed E-state index contributed by atoms with van der Waals surface area (Å²) >= 11 is 5.82. The van der Waals surface area contributed by atoms with Gasteiger partial charge in [0.25, 0.3) is 0 Å². The van der Waals surface area contributed by atoms with E-state index in [-0.39, 0.29) is 23.3 Å². The van der Waals surface area contributed by atoms with E-state index < -0.39 is 15.6 Å². The monoisotopic (exact) mass is 412 g/mol. The molecule has 0 aromatic heterocycles. The van der Waals surface area contributed by atoms with Crippen LogP contribution in [0.1, 0.15) is 20.8 Å². The average molecular weight is 413 g/mol. The second-order valence-corrected chi connectivity index (χ2v) is 9.53. The smallest absolute Gasteiger partial charge is 0.243 e. The molecule has 1 atom stereocenters. The van der Waals surface area contributed by atoms with Crippen LogP contribution in [0.3, 0.4) is 0 Å². The van der Waals surface area contributed by atoms with E-state index in [0.29, 0.717) is 31.2 Å². The fraction of sp³-hybridized carbons (Fsp3) is 0.556. The number of amides is 1. The number of carbonyl (C=O) groups is 1. The van der Waals surface area contributed by atoms with Crippen LogP contribution < -0.4 is 5.32 Å². The number of halogens is 1. The van der Waals surface area contributed by atoms with Gasteiger partial charge in [0.05, 0.1) is 17.5 Å². The number of rotatable bonds is 6. The quantitative estimate of drug-likeness (QED) is 0.767. The normalized spacial score (nSPS) is 18.7. The van der Waals surface area contributed by atoms with Gasteiger partial charge in [-0.3, -0.25) is 9.69 Å². The maximum Gasteiger partial charge on any atom is 0.243 e. The van der Waals surface area contributed by atoms with Crippen molar-refractivity contribution in [3.8, 4) is 6.07 Å². The number of hydrogen-bond donors (Lipinski definition) is 1. The number of nitrogens with one attached hydrogen (secondary N) is 1. The summed E-state index contributed by atoms with van der Waals surface area (Å²) < 4.78 is 26.8. The largest absolute Gasteiger partial charge is 0.337 e. The zero-order valence-corrected chi connectivity index (χ0v) is 17.3. The molecular formula is C18H25ClN4O3S. The topological polar surface area (TPSA) is 93.5 Å². The number of nitriles is 1. The number of nitrogens with zero attached hydrogens (tertiary/aromatic N) is 3. The summed E-state index contributed by atoms with van der Waals surface area (Å²) in [4.78, 5) is 14.4. The Morgan fingerprint density at radius 1 is 1.26 bits per heavy atom. The molecule has 1 fully saturated rings. The van der Waals surface area contributed by atoms with E-state index in [9.17, 15) is 18.5 Å². The van der Waals surface area contributed by atoms with Crippen molar-refractivity contribution in [2.45, 2.75) is 31.2 Å². The van der Waals surface area contributed by atoms with E-state index in [1.54, 1.807) is 19.1 Å². The molecule has 1 aliphatic heterocycles. The van der Waals surface area contributed by atoms with Gasteiger partial charge >= 0.3 is 0 Å². The van der Waals surface area contributed by atoms with E-state index in [1.807, 2.05) is 18.7 Å². The third-order valence-electron chi connectivity index (χ3n) is 4.94. The lowest BCUT2D eigenvalue weighted by atomic mass is 9.90. The molecule has 7 nitrogen and oxygen atoms in total. The summed E-state index contributed by atoms with van der Waals surface area (Å²) in [6.45, 7) is 7.10. The second kappa shape index (κ2) is 8.57. The van der Waals surface area contributed by atoms with E-state index in [4.69, 9.17) is 11.6 Å². The lowest BCUT2D eigenvalue weighted by Crippen LogP contribution is -2.55. The van der Waals surface area contributed by atoms with Crippen LogP contribution in [0.4, 0.5) is 0 Å². The van der Waals surface area contributed by atoms with Crippen molar-refractivity contribution in [1.29, 1.82) is 5.26 Å². The van der Waals surface area contributed by atoms with E-state index in [1.165, 1.54) is 16.4 Å². The molecule has 0 unspecified atom stereocenters. The highest BCUT2D eigenvalue weighted by Crippen LogP contribution is 2.20. The van der Waals surface area contributed by atoms with Gasteiger partial charge in [-0.25, -0.2) is 8.42 Å². The second-order valence-electron chi connectivity index (χ2n) is 7.15. The van der Waals surface area contributed by atoms with Crippen LogP contribution >= 0.6 is 11.6 Å². The van der Waals surface area contributed by atoms with Gasteiger partial charge in [-0.1, -0.05) is 25.4 Å². The molecule has 1 N–H and O–H groups in total. The lowest BCUT2D eigenvalue weighted by Gasteiger charge is -2.34. The lowest BCUT2D eigenvalue weighted by molar-refractivity contribution is -0.124. The summed E-state index contributed by atoms with van der Waals surface area (Å²) in [5, 5.41) is 12.6. The van der Waals surface area contributed by atoms with E-state index >= 15 is 0 Å². The number of piperazine rings is 1. The van der Waals surface area contributed by atoms with E-state index in [0.717, 1.165) is 0 Å². The van der Waals surface area contributed by atoms with Crippen LogP contribution in [0, 0.1) is 17.2 Å². The summed E-state index contributed by atoms with van der Waals surface area (Å²) in [6, 6.07) is 8.24. The van der Waals surface area contributed by atoms with Crippen LogP contribution in [0.15, 0.2) is 29.2 Å². The zero-order valence-electron chi connectivity index (χ0n) is 15.8. The van der Waals surface area contributed by atoms with Crippen molar-refractivity contribution in [1.82, 2.24) is 14.5 Å². The van der Waals surface area contributed by atoms with Gasteiger partial charge < -0.3 is 5.32 Å². The van der Waals surface area contributed by atoms with Crippen molar-refractivity contribution >= 4 is 27.5 Å². The molecule has 1 aromatic rings. The molecule has 0 bridgehead atoms. The predicted octanol–water partition coefficient (Wildman–Crippen LogP) is 1.70. The molecule has 0 aliphatic carbocycles. The number of benzene rings is 1. The molecule has 1 amide bonds. The first kappa shape index (κ1) is 21.6. The first-order chi connectivity index (χ1) is 12.6. The molecule has 148 valence electrons. The number of carbonyl (C=O) groups excluding carboxylic acids is 1. The maximum absolute atomic E-state index is 12.7. The Labute approximate surface area is 165 Å². The van der Waals surface area contributed by atoms with Gasteiger partial charge in [-0.05, 0) is 37.1 Å². The minimum absolute atomic E-state index is 0.0205. The molecule has 9 heteroatoms. The first-order valence-corrected chi connectivity index (χ1v) is 10.6. The highest BCUT2D eigenvalue weighted by molar-refractivity contribution is 7.89. The number of sulfonamides is 1. The van der Waals surface area contributed by atoms with Crippen LogP contribution in [-0.4, -0.2) is 61.8 Å². The van der Waals surface area contributed by atoms with Crippen LogP contribution in [0.5, 0.6) is 0 Å². The first-order valence-electron chi connectivity index (χ1n) is 8.79. The van der Waals surface area contributed by atoms with Crippen molar-refractivity contribution in [3.63, 3.8) is 0 Å². The highest BCUT2D eigenvalue weighted by atomic mass is 35.5. The Morgan fingerprint density at radius 2 is 1.81 bits per heavy atom. The Bertz CT molecular complexity index is 812. The molecule has 0 radical (unpaired) electrons. The fourth-order valence-electron chi connectivity index (χ4n) is 2.72. The van der Waals surface area contributed by atoms with Crippen molar-refractivity contribution in [2.24, 2.45) is 5.92 Å². The van der Waals surface area contributed by atoms with Gasteiger partial charge in [0.1, 0.15) is 5.54 Å². The molecule has 1 heterocycles. The Kier molecular flexibility index (Phi) is 6.87. The predicted molar refractivity (Wildman–Crippen MR) is 104 cm³/mol. The fourth-order valence-corrected chi connectivity index (χ4v) is 4.27. The SMILES string of the molecule is CC(C)[C@@](C)(C#N)NC(=O)CN1CCN(S(=O)(=O)c2ccc(Cl)cc2)CC1. The zero-order chi connectivity index (χ0) is 20.2. The van der Waals surface area contributed by atoms with Crippen molar-refractivity contribution in [3.05, 3.63) is 29.3 Å². The summed E-state index contributed by atoms with van der Waals surface area (Å²) in [5.74, 6) is -0.255. The van der Waals surface area contributed by atoms with Gasteiger partial charge in [0.15, 0.2) is 0 Å². The molecule has 1 saturated heterocycles. The molecule has 2 rings (SSSR count). The summed E-state index contributed by atoms with van der Waals surface area (Å²) in [5.41, 5.74) is -0.920. The van der Waals surface area contributed by atoms with Gasteiger partial charge in [0, 0.05) is 31.2 Å². The van der Waals surface area contributed by atoms with Crippen molar-refractivity contribution < 1.29 is 13.2 Å². The van der Waals surface area contributed by atoms with Gasteiger partial charge in [-0.2, -0.15) is 9.57 Å². The third-order valence-corrected chi connectivity index (χ3v) is 7.10. The van der Waals surface area contributed by atoms with Crippen LogP contribution in [0.2, 0.25) is 5.02 Å². The van der Waals surface area contributed by atoms with Gasteiger partial charge in [-0.15, -0.1) is 0 Å². The van der Waals surface area contributed by atoms with Crippen molar-refractivity contribution in [2.75, 3.05) is 32.7 Å². The minimum Gasteiger partial charge on any atom is -0.337 e. The number of hydrogen-bond acceptors (Lipinski definition) is 5. The van der Waals surface area contributed by atoms with Gasteiger partial charge in [0.2, 0.25) is 15.9 Å². The minimum atomic E-state index is -3.57. The average Bonchev–Trinajstić information content (AvgIpc) is 2.62. The molecule has 0 spiro atoms. The molecule has 0 saturated carbocycles. The molecule has 1 aliphatic rings. The highest BCUT2D eigenvalue weighted by Gasteiger charge is 2.32. The van der Waals surface area contributed by atoms with Crippen LogP contribution in [0.25, 0.3) is 0 Å². The maximum atomic E-state index is 12.7. The summed E-state index contributed by atoms with van der Waals surface area (Å²) in [7, 11) is -3.57. The Hall–Kier alpha value is -1.66. The molecular weight excluding hydrogens is 388 g/mol. The third kappa shape index (κ3) is 5.20. The molecule has 1 aromatic carbocycles. The van der Waals surface area contributed by atoms with E-state index in [2.05, 4.69) is 11.4 Å². The Morgan fingerprint density at radius 3 is 2.30 bits per heavy atom. The van der Waals surface area contributed by atoms with Crippen LogP contribution in [-0.2, 0) is 14.8 Å².